The van der Waals surface area contributed by atoms with E-state index in [4.69, 9.17) is 24.7 Å². The molecule has 6 bridgehead atoms. The van der Waals surface area contributed by atoms with E-state index in [0.717, 1.165) is 59.7 Å². The van der Waals surface area contributed by atoms with Crippen molar-refractivity contribution in [1.82, 2.24) is 39.0 Å². The van der Waals surface area contributed by atoms with Gasteiger partial charge in [-0.2, -0.15) is 39.5 Å². The summed E-state index contributed by atoms with van der Waals surface area (Å²) in [5.41, 5.74) is -4.52. The first kappa shape index (κ1) is 78.6. The minimum atomic E-state index is -5.20. The number of aromatic nitrogens is 3. The number of carbonyl (C=O) groups excluding carboxylic acids is 5. The van der Waals surface area contributed by atoms with Gasteiger partial charge in [-0.3, -0.25) is 38.4 Å². The molecule has 3 unspecified atom stereocenters. The van der Waals surface area contributed by atoms with Gasteiger partial charge in [0.25, 0.3) is 29.5 Å². The number of carboxylic acids is 1. The molecule has 7 N–H and O–H groups in total. The lowest BCUT2D eigenvalue weighted by molar-refractivity contribution is -0.156. The van der Waals surface area contributed by atoms with Crippen LogP contribution in [0.2, 0.25) is 0 Å². The van der Waals surface area contributed by atoms with E-state index < -0.39 is 192 Å². The van der Waals surface area contributed by atoms with Crippen molar-refractivity contribution in [2.45, 2.75) is 177 Å². The SMILES string of the molecule is C.COc1c2n(cc(C(=O)O)c1=O)CC1O[C@H]3CC[C@H](C3)N1C2=O.N[C@@H](c1ccc(F)cc1F)C(F)(F)F.O=C(N[C@@H](c1ccc(F)cc1F)C(F)(F)F)c1cn2c(c(O)c1=O)C(=O)N1C(C2)O[C@H]2CC[C@@H]1C2.O=C(N[C@@H](c1ccc(F)cc1F)C(F)(F)F)c1cn2c(c(O)c1=O)C(=O)N1C(C2)O[C@H]2CC[C@@H]1C2. The number of methoxy groups -OCH3 is 1. The highest BCUT2D eigenvalue weighted by Crippen LogP contribution is 2.44. The number of ether oxygens (including phenoxy) is 4. The Balaban J connectivity index is 0.000000150. The van der Waals surface area contributed by atoms with Crippen molar-refractivity contribution in [3.05, 3.63) is 189 Å². The fourth-order valence-corrected chi connectivity index (χ4v) is 14.8. The number of carboxylic acid groups (broad SMARTS) is 1. The van der Waals surface area contributed by atoms with Gasteiger partial charge in [-0.25, -0.2) is 31.1 Å². The molecule has 6 aliphatic heterocycles. The van der Waals surface area contributed by atoms with Crippen LogP contribution >= 0.6 is 0 Å². The van der Waals surface area contributed by atoms with Gasteiger partial charge in [0, 0.05) is 71.6 Å². The lowest BCUT2D eigenvalue weighted by Crippen LogP contribution is -2.57. The van der Waals surface area contributed by atoms with Crippen LogP contribution in [-0.4, -0.2) is 160 Å². The van der Waals surface area contributed by atoms with Gasteiger partial charge in [-0.15, -0.1) is 0 Å². The van der Waals surface area contributed by atoms with Gasteiger partial charge in [0.05, 0.1) is 45.1 Å². The number of benzene rings is 3. The van der Waals surface area contributed by atoms with Crippen molar-refractivity contribution in [3.63, 3.8) is 0 Å². The molecule has 15 rings (SSSR count). The second-order valence-corrected chi connectivity index (χ2v) is 26.2. The predicted octanol–water partition coefficient (Wildman–Crippen LogP) is 8.65. The van der Waals surface area contributed by atoms with E-state index in [0.29, 0.717) is 68.6 Å². The predicted molar refractivity (Wildman–Crippen MR) is 338 cm³/mol. The highest BCUT2D eigenvalue weighted by molar-refractivity contribution is 6.01. The van der Waals surface area contributed by atoms with E-state index in [-0.39, 0.29) is 86.4 Å². The minimum absolute atomic E-state index is 0. The second kappa shape index (κ2) is 29.6. The summed E-state index contributed by atoms with van der Waals surface area (Å²) in [7, 11) is 1.26. The largest absolute Gasteiger partial charge is 0.503 e. The van der Waals surface area contributed by atoms with Crippen LogP contribution in [0.15, 0.2) is 87.6 Å². The molecule has 3 saturated heterocycles. The summed E-state index contributed by atoms with van der Waals surface area (Å²) in [6.07, 6.45) is -7.36. The number of halogens is 15. The number of rotatable bonds is 9. The van der Waals surface area contributed by atoms with Crippen LogP contribution in [0.25, 0.3) is 0 Å². The first-order valence-electron chi connectivity index (χ1n) is 32.6. The number of hydrogen-bond donors (Lipinski definition) is 6. The maximum atomic E-state index is 14.1. The molecule has 12 atom stereocenters. The number of nitrogens with two attached hydrogens (primary N) is 1. The van der Waals surface area contributed by atoms with Crippen LogP contribution in [-0.2, 0) is 33.8 Å². The maximum absolute atomic E-state index is 14.1. The average molecular weight is 1550 g/mol. The lowest BCUT2D eigenvalue weighted by Gasteiger charge is -2.44. The molecule has 3 saturated carbocycles. The standard InChI is InChI=1S/2C22H18F5N3O5.C15H16N2O6.C8H6F5N.CH4/c2*23-9-1-4-12(14(24)5-9)19(22(25,26)27)28-20(33)13-7-29-8-15-30(10-2-3-11(6-10)35-15)21(34)16(29)18(32)17(13)31;1-22-13-11-14(19)17-7-2-3-8(4-7)23-10(17)6-16(11)5-9(12(13)18)15(20)21;9-4-1-2-5(6(10)3-4)7(14)8(11,12)13;/h2*1,4-5,7,10-11,15,19,32H,2-3,6,8H2,(H,28,33);5,7-8,10H,2-4,6H2,1H3,(H,20,21);1-3,7H,14H2;1H4/t2*10-,11+,15?,19+;7-,8+,10?;7-;/m1110./s1. The summed E-state index contributed by atoms with van der Waals surface area (Å²) in [6, 6.07) is -3.91. The number of carbonyl (C=O) groups is 6. The molecule has 3 aromatic heterocycles. The molecule has 6 fully saturated rings. The van der Waals surface area contributed by atoms with Gasteiger partial charge < -0.3 is 79.0 Å². The number of alkyl halides is 9. The number of nitrogens with zero attached hydrogens (tertiary/aromatic N) is 6. The van der Waals surface area contributed by atoms with Crippen LogP contribution in [0.4, 0.5) is 65.9 Å². The number of pyridine rings is 3. The van der Waals surface area contributed by atoms with Crippen LogP contribution in [0, 0.1) is 34.9 Å². The van der Waals surface area contributed by atoms with Crippen molar-refractivity contribution in [2.24, 2.45) is 5.73 Å². The van der Waals surface area contributed by atoms with Crippen molar-refractivity contribution in [3.8, 4) is 17.2 Å². The third-order valence-electron chi connectivity index (χ3n) is 19.7. The number of fused-ring (bicyclic) bond motifs is 15. The molecule has 3 aliphatic carbocycles. The zero-order chi connectivity index (χ0) is 77.7. The summed E-state index contributed by atoms with van der Waals surface area (Å²) in [6.45, 7) is 0.181. The van der Waals surface area contributed by atoms with Gasteiger partial charge in [0.1, 0.15) is 57.6 Å². The van der Waals surface area contributed by atoms with Gasteiger partial charge in [0.2, 0.25) is 16.3 Å². The topological polar surface area (TPSA) is 326 Å². The molecular formula is C68H62F15N9O16. The Labute approximate surface area is 597 Å². The number of hydrogen-bond acceptors (Lipinski definition) is 16. The van der Waals surface area contributed by atoms with Crippen molar-refractivity contribution < 1.29 is 129 Å². The third-order valence-corrected chi connectivity index (χ3v) is 19.7. The second-order valence-electron chi connectivity index (χ2n) is 26.2. The lowest BCUT2D eigenvalue weighted by atomic mass is 10.0. The molecular weight excluding hydrogens is 1480 g/mol. The Morgan fingerprint density at radius 3 is 1.13 bits per heavy atom. The van der Waals surface area contributed by atoms with Gasteiger partial charge in [0.15, 0.2) is 65.1 Å². The van der Waals surface area contributed by atoms with Crippen LogP contribution < -0.4 is 37.4 Å². The van der Waals surface area contributed by atoms with E-state index in [1.165, 1.54) is 38.3 Å². The normalized spacial score (nSPS) is 23.5. The molecule has 9 heterocycles. The Bertz CT molecular complexity index is 4620. The van der Waals surface area contributed by atoms with E-state index in [1.54, 1.807) is 4.90 Å². The fourth-order valence-electron chi connectivity index (χ4n) is 14.8. The summed E-state index contributed by atoms with van der Waals surface area (Å²) in [5.74, 6) is -16.1. The zero-order valence-corrected chi connectivity index (χ0v) is 54.9. The maximum Gasteiger partial charge on any atom is 0.412 e. The highest BCUT2D eigenvalue weighted by atomic mass is 19.4. The smallest absolute Gasteiger partial charge is 0.412 e. The van der Waals surface area contributed by atoms with E-state index in [1.807, 2.05) is 0 Å². The van der Waals surface area contributed by atoms with Crippen molar-refractivity contribution in [1.29, 1.82) is 0 Å². The Hall–Kier alpha value is -10.5. The molecule has 25 nitrogen and oxygen atoms in total. The molecule has 5 amide bonds. The Morgan fingerprint density at radius 2 is 0.815 bits per heavy atom. The van der Waals surface area contributed by atoms with Gasteiger partial charge >= 0.3 is 24.5 Å². The third kappa shape index (κ3) is 14.9. The molecule has 3 aromatic carbocycles. The summed E-state index contributed by atoms with van der Waals surface area (Å²) < 4.78 is 224. The Morgan fingerprint density at radius 1 is 0.491 bits per heavy atom. The van der Waals surface area contributed by atoms with Crippen LogP contribution in [0.3, 0.4) is 0 Å². The molecule has 0 spiro atoms. The van der Waals surface area contributed by atoms with E-state index >= 15 is 0 Å². The molecule has 108 heavy (non-hydrogen) atoms. The highest BCUT2D eigenvalue weighted by Gasteiger charge is 2.53. The number of amides is 5. The van der Waals surface area contributed by atoms with Crippen molar-refractivity contribution >= 4 is 35.5 Å². The van der Waals surface area contributed by atoms with Gasteiger partial charge in [-0.1, -0.05) is 25.6 Å². The number of aromatic hydroxyl groups is 2. The number of aromatic carboxylic acids is 1. The van der Waals surface area contributed by atoms with E-state index in [2.05, 4.69) is 0 Å². The molecule has 6 aromatic rings. The molecule has 0 radical (unpaired) electrons. The molecule has 40 heteroatoms. The van der Waals surface area contributed by atoms with Crippen LogP contribution in [0.1, 0.15) is 163 Å². The summed E-state index contributed by atoms with van der Waals surface area (Å²) in [4.78, 5) is 118. The van der Waals surface area contributed by atoms with E-state index in [9.17, 15) is 124 Å². The van der Waals surface area contributed by atoms with Gasteiger partial charge in [-0.05, 0) is 76.0 Å². The monoisotopic (exact) mass is 1550 g/mol. The fraction of sp³-hybridized carbons (Fsp3) is 0.426. The minimum Gasteiger partial charge on any atom is -0.503 e. The number of nitrogens with one attached hydrogen (secondary N) is 2. The summed E-state index contributed by atoms with van der Waals surface area (Å²) >= 11 is 0. The van der Waals surface area contributed by atoms with Crippen molar-refractivity contribution in [2.75, 3.05) is 7.11 Å². The first-order chi connectivity index (χ1) is 50.2. The zero-order valence-electron chi connectivity index (χ0n) is 54.9. The quantitative estimate of drug-likeness (QED) is 0.0737. The summed E-state index contributed by atoms with van der Waals surface area (Å²) in [5, 5.41) is 33.2. The molecule has 9 aliphatic rings. The molecule has 580 valence electrons. The Kier molecular flexibility index (Phi) is 21.5. The van der Waals surface area contributed by atoms with Crippen LogP contribution in [0.5, 0.6) is 17.2 Å². The average Bonchev–Trinajstić information content (AvgIpc) is 1.32. The first-order valence-corrected chi connectivity index (χ1v) is 32.6.